The zero-order valence-corrected chi connectivity index (χ0v) is 35.0. The molecule has 0 aromatic heterocycles. The van der Waals surface area contributed by atoms with Crippen LogP contribution in [0.4, 0.5) is 0 Å². The van der Waals surface area contributed by atoms with Crippen LogP contribution < -0.4 is 0 Å². The summed E-state index contributed by atoms with van der Waals surface area (Å²) in [7, 11) is 0. The van der Waals surface area contributed by atoms with Crippen molar-refractivity contribution in [2.24, 2.45) is 5.92 Å². The first-order chi connectivity index (χ1) is 24.7. The van der Waals surface area contributed by atoms with Gasteiger partial charge < -0.3 is 4.74 Å². The minimum atomic E-state index is 0.0195. The Morgan fingerprint density at radius 3 is 1.06 bits per heavy atom. The number of hydrogen-bond donors (Lipinski definition) is 0. The lowest BCUT2D eigenvalue weighted by molar-refractivity contribution is -0.143. The fraction of sp³-hybridized carbons (Fsp3) is 0.938. The maximum absolute atomic E-state index is 12.0. The summed E-state index contributed by atoms with van der Waals surface area (Å²) in [5.74, 6) is 0.907. The first-order valence-electron chi connectivity index (χ1n) is 23.5. The highest BCUT2D eigenvalue weighted by Gasteiger charge is 2.03. The number of allylic oxidation sites excluding steroid dienone is 2. The molecule has 0 aromatic rings. The van der Waals surface area contributed by atoms with Gasteiger partial charge in [-0.2, -0.15) is 0 Å². The monoisotopic (exact) mass is 703 g/mol. The third-order valence-electron chi connectivity index (χ3n) is 10.8. The summed E-state index contributed by atoms with van der Waals surface area (Å²) >= 11 is 0. The molecule has 2 heteroatoms. The van der Waals surface area contributed by atoms with E-state index >= 15 is 0 Å². The van der Waals surface area contributed by atoms with Crippen molar-refractivity contribution in [2.75, 3.05) is 6.61 Å². The Bertz CT molecular complexity index is 653. The molecule has 0 heterocycles. The topological polar surface area (TPSA) is 26.3 Å². The van der Waals surface area contributed by atoms with Crippen LogP contribution in [-0.2, 0) is 9.53 Å². The highest BCUT2D eigenvalue weighted by atomic mass is 16.5. The molecule has 0 saturated heterocycles. The van der Waals surface area contributed by atoms with E-state index in [1.165, 1.54) is 231 Å². The Labute approximate surface area is 316 Å². The number of esters is 1. The first kappa shape index (κ1) is 49.2. The fourth-order valence-corrected chi connectivity index (χ4v) is 7.32. The largest absolute Gasteiger partial charge is 0.466 e. The summed E-state index contributed by atoms with van der Waals surface area (Å²) < 4.78 is 5.46. The highest BCUT2D eigenvalue weighted by molar-refractivity contribution is 5.69. The van der Waals surface area contributed by atoms with Gasteiger partial charge in [0.05, 0.1) is 6.61 Å². The summed E-state index contributed by atoms with van der Waals surface area (Å²) in [5.41, 5.74) is 0. The van der Waals surface area contributed by atoms with Crippen molar-refractivity contribution in [1.29, 1.82) is 0 Å². The molecule has 50 heavy (non-hydrogen) atoms. The minimum absolute atomic E-state index is 0.0195. The van der Waals surface area contributed by atoms with Crippen LogP contribution >= 0.6 is 0 Å². The summed E-state index contributed by atoms with van der Waals surface area (Å²) in [6, 6.07) is 0. The third-order valence-corrected chi connectivity index (χ3v) is 10.8. The molecule has 0 unspecified atom stereocenters. The van der Waals surface area contributed by atoms with E-state index in [2.05, 4.69) is 32.9 Å². The molecule has 0 atom stereocenters. The van der Waals surface area contributed by atoms with Gasteiger partial charge in [0.2, 0.25) is 0 Å². The fourth-order valence-electron chi connectivity index (χ4n) is 7.32. The lowest BCUT2D eigenvalue weighted by Crippen LogP contribution is -2.05. The van der Waals surface area contributed by atoms with E-state index in [0.29, 0.717) is 13.0 Å². The number of hydrogen-bond acceptors (Lipinski definition) is 2. The van der Waals surface area contributed by atoms with Gasteiger partial charge in [0.1, 0.15) is 0 Å². The first-order valence-corrected chi connectivity index (χ1v) is 23.5. The minimum Gasteiger partial charge on any atom is -0.466 e. The summed E-state index contributed by atoms with van der Waals surface area (Å²) in [6.45, 7) is 7.59. The van der Waals surface area contributed by atoms with Crippen molar-refractivity contribution in [3.05, 3.63) is 12.2 Å². The summed E-state index contributed by atoms with van der Waals surface area (Å²) in [5, 5.41) is 0. The zero-order valence-electron chi connectivity index (χ0n) is 35.0. The molecule has 298 valence electrons. The van der Waals surface area contributed by atoms with Crippen LogP contribution in [-0.4, -0.2) is 12.6 Å². The van der Waals surface area contributed by atoms with Gasteiger partial charge in [-0.05, 0) is 44.4 Å². The van der Waals surface area contributed by atoms with Gasteiger partial charge in [0.25, 0.3) is 0 Å². The van der Waals surface area contributed by atoms with E-state index in [1.54, 1.807) is 0 Å². The van der Waals surface area contributed by atoms with Gasteiger partial charge in [-0.1, -0.05) is 245 Å². The van der Waals surface area contributed by atoms with E-state index in [4.69, 9.17) is 4.74 Å². The SMILES string of the molecule is CCCCCC/C=C\CCCCCCCC(=O)OCCCCCCCCCCCCCCCCCCCCCCCCCCCCCC(C)C. The average Bonchev–Trinajstić information content (AvgIpc) is 3.11. The van der Waals surface area contributed by atoms with Gasteiger partial charge in [0, 0.05) is 6.42 Å². The zero-order chi connectivity index (χ0) is 36.3. The number of unbranched alkanes of at least 4 members (excludes halogenated alkanes) is 35. The third kappa shape index (κ3) is 45.2. The Morgan fingerprint density at radius 1 is 0.400 bits per heavy atom. The van der Waals surface area contributed by atoms with Crippen molar-refractivity contribution in [3.63, 3.8) is 0 Å². The van der Waals surface area contributed by atoms with Crippen LogP contribution in [0.5, 0.6) is 0 Å². The Kier molecular flexibility index (Phi) is 43.7. The second-order valence-corrected chi connectivity index (χ2v) is 16.6. The number of ether oxygens (including phenoxy) is 1. The molecule has 2 nitrogen and oxygen atoms in total. The molecule has 0 fully saturated rings. The van der Waals surface area contributed by atoms with Crippen molar-refractivity contribution in [1.82, 2.24) is 0 Å². The smallest absolute Gasteiger partial charge is 0.305 e. The van der Waals surface area contributed by atoms with E-state index in [-0.39, 0.29) is 5.97 Å². The predicted octanol–water partition coefficient (Wildman–Crippen LogP) is 17.4. The second-order valence-electron chi connectivity index (χ2n) is 16.6. The Hall–Kier alpha value is -0.790. The molecule has 0 saturated carbocycles. The van der Waals surface area contributed by atoms with Crippen LogP contribution in [0.15, 0.2) is 12.2 Å². The van der Waals surface area contributed by atoms with E-state index in [0.717, 1.165) is 25.2 Å². The molecular weight excluding hydrogens is 609 g/mol. The molecule has 0 bridgehead atoms. The van der Waals surface area contributed by atoms with Crippen LogP contribution in [0, 0.1) is 5.92 Å². The van der Waals surface area contributed by atoms with Crippen LogP contribution in [0.2, 0.25) is 0 Å². The van der Waals surface area contributed by atoms with Gasteiger partial charge in [0.15, 0.2) is 0 Å². The predicted molar refractivity (Wildman–Crippen MR) is 225 cm³/mol. The molecule has 0 aliphatic carbocycles. The molecular formula is C48H94O2. The lowest BCUT2D eigenvalue weighted by Gasteiger charge is -2.06. The second kappa shape index (κ2) is 44.4. The molecule has 0 aromatic carbocycles. The van der Waals surface area contributed by atoms with Crippen LogP contribution in [0.25, 0.3) is 0 Å². The molecule has 0 spiro atoms. The van der Waals surface area contributed by atoms with Crippen molar-refractivity contribution < 1.29 is 9.53 Å². The Balaban J connectivity index is 3.15. The van der Waals surface area contributed by atoms with Crippen molar-refractivity contribution in [2.45, 2.75) is 278 Å². The lowest BCUT2D eigenvalue weighted by atomic mass is 10.0. The molecule has 0 radical (unpaired) electrons. The van der Waals surface area contributed by atoms with E-state index < -0.39 is 0 Å². The number of rotatable bonds is 43. The maximum Gasteiger partial charge on any atom is 0.305 e. The van der Waals surface area contributed by atoms with Gasteiger partial charge in [-0.25, -0.2) is 0 Å². The molecule has 0 N–H and O–H groups in total. The normalized spacial score (nSPS) is 11.8. The quantitative estimate of drug-likeness (QED) is 0.0359. The number of carbonyl (C=O) groups excluding carboxylic acids is 1. The molecule has 0 aliphatic rings. The summed E-state index contributed by atoms with van der Waals surface area (Å²) in [4.78, 5) is 12.0. The van der Waals surface area contributed by atoms with Crippen molar-refractivity contribution >= 4 is 5.97 Å². The van der Waals surface area contributed by atoms with E-state index in [9.17, 15) is 4.79 Å². The van der Waals surface area contributed by atoms with Crippen molar-refractivity contribution in [3.8, 4) is 0 Å². The standard InChI is InChI=1S/C48H94O2/c1-4-5-6-7-8-9-10-26-30-33-36-39-42-45-48(49)50-46-43-40-37-34-31-28-25-23-21-19-17-15-13-11-12-14-16-18-20-22-24-27-29-32-35-38-41-44-47(2)3/h9-10,47H,4-8,11-46H2,1-3H3/b10-9-. The molecule has 0 amide bonds. The average molecular weight is 703 g/mol. The van der Waals surface area contributed by atoms with Crippen LogP contribution in [0.3, 0.4) is 0 Å². The van der Waals surface area contributed by atoms with Gasteiger partial charge >= 0.3 is 5.97 Å². The molecule has 0 aliphatic heterocycles. The van der Waals surface area contributed by atoms with E-state index in [1.807, 2.05) is 0 Å². The molecule has 0 rings (SSSR count). The Morgan fingerprint density at radius 2 is 0.700 bits per heavy atom. The maximum atomic E-state index is 12.0. The highest BCUT2D eigenvalue weighted by Crippen LogP contribution is 2.17. The van der Waals surface area contributed by atoms with Crippen LogP contribution in [0.1, 0.15) is 278 Å². The number of carbonyl (C=O) groups is 1. The van der Waals surface area contributed by atoms with Gasteiger partial charge in [-0.15, -0.1) is 0 Å². The summed E-state index contributed by atoms with van der Waals surface area (Å²) in [6.07, 6.45) is 59.1. The van der Waals surface area contributed by atoms with Gasteiger partial charge in [-0.3, -0.25) is 4.79 Å².